The van der Waals surface area contributed by atoms with Crippen LogP contribution in [-0.4, -0.2) is 46.9 Å². The van der Waals surface area contributed by atoms with E-state index in [2.05, 4.69) is 24.8 Å². The van der Waals surface area contributed by atoms with Crippen LogP contribution < -0.4 is 4.90 Å². The third-order valence-corrected chi connectivity index (χ3v) is 8.12. The van der Waals surface area contributed by atoms with Crippen molar-refractivity contribution in [3.8, 4) is 11.8 Å². The minimum Gasteiger partial charge on any atom is -0.477 e. The van der Waals surface area contributed by atoms with E-state index in [4.69, 9.17) is 4.74 Å². The summed E-state index contributed by atoms with van der Waals surface area (Å²) in [5.41, 5.74) is 1.18. The second-order valence-corrected chi connectivity index (χ2v) is 11.4. The van der Waals surface area contributed by atoms with Crippen molar-refractivity contribution in [1.29, 1.82) is 0 Å². The van der Waals surface area contributed by atoms with E-state index < -0.39 is 11.4 Å². The summed E-state index contributed by atoms with van der Waals surface area (Å²) in [6.45, 7) is 6.46. The number of nitrogens with zero attached hydrogens (tertiary/aromatic N) is 1. The van der Waals surface area contributed by atoms with Crippen LogP contribution in [0.15, 0.2) is 17.7 Å². The second kappa shape index (κ2) is 9.25. The lowest BCUT2D eigenvalue weighted by atomic mass is 9.83. The summed E-state index contributed by atoms with van der Waals surface area (Å²) in [7, 11) is 0. The summed E-state index contributed by atoms with van der Waals surface area (Å²) in [5.74, 6) is 4.91. The van der Waals surface area contributed by atoms with Crippen molar-refractivity contribution in [2.24, 2.45) is 11.3 Å². The lowest BCUT2D eigenvalue weighted by Gasteiger charge is -2.38. The molecular weight excluding hydrogens is 438 g/mol. The first-order chi connectivity index (χ1) is 15.6. The van der Waals surface area contributed by atoms with E-state index in [0.29, 0.717) is 17.0 Å². The molecule has 1 amide bonds. The summed E-state index contributed by atoms with van der Waals surface area (Å²) in [6, 6.07) is 1.72. The topological polar surface area (TPSA) is 90.4 Å². The number of aliphatic hydroxyl groups is 1. The van der Waals surface area contributed by atoms with Crippen LogP contribution in [0, 0.1) is 23.2 Å². The molecule has 1 saturated carbocycles. The minimum absolute atomic E-state index is 0.00725. The molecule has 2 fully saturated rings. The van der Waals surface area contributed by atoms with Gasteiger partial charge in [-0.1, -0.05) is 23.5 Å². The molecule has 7 heteroatoms. The maximum atomic E-state index is 13.8. The predicted molar refractivity (Wildman–Crippen MR) is 129 cm³/mol. The molecule has 1 spiro atoms. The number of carbonyl (C=O) groups excluding carboxylic acids is 1. The van der Waals surface area contributed by atoms with Crippen molar-refractivity contribution in [1.82, 2.24) is 0 Å². The molecule has 2 heterocycles. The monoisotopic (exact) mass is 471 g/mol. The summed E-state index contributed by atoms with van der Waals surface area (Å²) in [4.78, 5) is 28.6. The van der Waals surface area contributed by atoms with Gasteiger partial charge < -0.3 is 19.8 Å². The van der Waals surface area contributed by atoms with E-state index in [-0.39, 0.29) is 35.0 Å². The van der Waals surface area contributed by atoms with Gasteiger partial charge in [0.1, 0.15) is 4.88 Å². The van der Waals surface area contributed by atoms with Crippen molar-refractivity contribution in [2.75, 3.05) is 18.1 Å². The number of carbonyl (C=O) groups is 2. The van der Waals surface area contributed by atoms with Gasteiger partial charge in [0, 0.05) is 17.4 Å². The van der Waals surface area contributed by atoms with Crippen LogP contribution in [0.1, 0.15) is 80.3 Å². The number of rotatable bonds is 5. The Morgan fingerprint density at radius 3 is 2.55 bits per heavy atom. The van der Waals surface area contributed by atoms with Gasteiger partial charge in [-0.05, 0) is 71.8 Å². The first-order valence-corrected chi connectivity index (χ1v) is 12.6. The number of aromatic carboxylic acids is 1. The summed E-state index contributed by atoms with van der Waals surface area (Å²) >= 11 is 1.10. The molecule has 3 aliphatic rings. The third kappa shape index (κ3) is 5.34. The van der Waals surface area contributed by atoms with E-state index in [9.17, 15) is 19.8 Å². The van der Waals surface area contributed by atoms with Gasteiger partial charge in [0.2, 0.25) is 5.91 Å². The van der Waals surface area contributed by atoms with Crippen molar-refractivity contribution in [3.63, 3.8) is 0 Å². The van der Waals surface area contributed by atoms with Crippen LogP contribution >= 0.6 is 11.3 Å². The van der Waals surface area contributed by atoms with Gasteiger partial charge in [-0.3, -0.25) is 4.79 Å². The molecule has 0 bridgehead atoms. The molecule has 1 aromatic rings. The number of carboxylic acid groups (broad SMARTS) is 1. The third-order valence-electron chi connectivity index (χ3n) is 7.09. The van der Waals surface area contributed by atoms with Crippen LogP contribution in [0.4, 0.5) is 5.69 Å². The SMILES string of the molecule is CC1=CC[C@H](C(=O)N(c2cc(C#CC(C)(C)CO)sc2C(=O)O)C2CCC3(CC2)CO3)CC1. The van der Waals surface area contributed by atoms with Gasteiger partial charge >= 0.3 is 5.97 Å². The Hall–Kier alpha value is -2.14. The van der Waals surface area contributed by atoms with E-state index in [1.807, 2.05) is 13.8 Å². The molecule has 6 nitrogen and oxygen atoms in total. The highest BCUT2D eigenvalue weighted by Gasteiger charge is 2.49. The number of epoxide rings is 1. The number of anilines is 1. The number of carboxylic acids is 1. The zero-order valence-corrected chi connectivity index (χ0v) is 20.5. The number of aliphatic hydroxyl groups excluding tert-OH is 1. The van der Waals surface area contributed by atoms with Crippen LogP contribution in [-0.2, 0) is 9.53 Å². The molecule has 1 saturated heterocycles. The zero-order chi connectivity index (χ0) is 23.8. The Bertz CT molecular complexity index is 1010. The van der Waals surface area contributed by atoms with Gasteiger partial charge in [-0.25, -0.2) is 4.79 Å². The quantitative estimate of drug-likeness (QED) is 0.372. The molecule has 1 atom stereocenters. The van der Waals surface area contributed by atoms with Crippen LogP contribution in [0.25, 0.3) is 0 Å². The lowest BCUT2D eigenvalue weighted by Crippen LogP contribution is -2.47. The number of allylic oxidation sites excluding steroid dienone is 2. The molecule has 0 radical (unpaired) electrons. The zero-order valence-electron chi connectivity index (χ0n) is 19.6. The Balaban J connectivity index is 1.69. The van der Waals surface area contributed by atoms with Crippen molar-refractivity contribution in [3.05, 3.63) is 27.5 Å². The highest BCUT2D eigenvalue weighted by atomic mass is 32.1. The van der Waals surface area contributed by atoms with Crippen LogP contribution in [0.5, 0.6) is 0 Å². The molecule has 0 unspecified atom stereocenters. The molecule has 1 aromatic heterocycles. The maximum Gasteiger partial charge on any atom is 0.348 e. The Kier molecular flexibility index (Phi) is 6.73. The smallest absolute Gasteiger partial charge is 0.348 e. The number of amides is 1. The van der Waals surface area contributed by atoms with Gasteiger partial charge in [-0.15, -0.1) is 11.3 Å². The first kappa shape index (κ1) is 24.0. The largest absolute Gasteiger partial charge is 0.477 e. The van der Waals surface area contributed by atoms with E-state index in [1.165, 1.54) is 5.57 Å². The predicted octanol–water partition coefficient (Wildman–Crippen LogP) is 4.61. The number of thiophene rings is 1. The second-order valence-electron chi connectivity index (χ2n) is 10.4. The van der Waals surface area contributed by atoms with Crippen molar-refractivity contribution in [2.45, 2.75) is 77.4 Å². The molecule has 1 aliphatic heterocycles. The van der Waals surface area contributed by atoms with E-state index in [1.54, 1.807) is 11.0 Å². The normalized spacial score (nSPS) is 26.8. The van der Waals surface area contributed by atoms with Crippen molar-refractivity contribution >= 4 is 28.9 Å². The Morgan fingerprint density at radius 1 is 1.30 bits per heavy atom. The molecule has 0 aromatic carbocycles. The van der Waals surface area contributed by atoms with Gasteiger partial charge in [0.05, 0.1) is 29.4 Å². The average Bonchev–Trinajstić information content (AvgIpc) is 3.41. The fourth-order valence-corrected chi connectivity index (χ4v) is 5.55. The van der Waals surface area contributed by atoms with Gasteiger partial charge in [0.15, 0.2) is 0 Å². The number of hydrogen-bond donors (Lipinski definition) is 2. The van der Waals surface area contributed by atoms with E-state index >= 15 is 0 Å². The van der Waals surface area contributed by atoms with Crippen molar-refractivity contribution < 1.29 is 24.5 Å². The average molecular weight is 472 g/mol. The lowest BCUT2D eigenvalue weighted by molar-refractivity contribution is -0.123. The molecule has 4 rings (SSSR count). The standard InChI is InChI=1S/C26H33NO5S/c1-17-4-6-18(7-5-17)23(29)27(19-8-12-26(13-9-19)16-32-26)21-14-20(33-22(21)24(30)31)10-11-25(2,3)15-28/h4,14,18-19,28H,5-9,12-13,15-16H2,1-3H3,(H,30,31)/t18-,19?,26?/m0/s1. The molecule has 2 N–H and O–H groups in total. The van der Waals surface area contributed by atoms with Crippen LogP contribution in [0.3, 0.4) is 0 Å². The van der Waals surface area contributed by atoms with Gasteiger partial charge in [0.25, 0.3) is 0 Å². The number of hydrogen-bond acceptors (Lipinski definition) is 5. The number of ether oxygens (including phenoxy) is 1. The Morgan fingerprint density at radius 2 is 2.00 bits per heavy atom. The fourth-order valence-electron chi connectivity index (χ4n) is 4.70. The van der Waals surface area contributed by atoms with Gasteiger partial charge in [-0.2, -0.15) is 0 Å². The minimum atomic E-state index is -1.04. The highest BCUT2D eigenvalue weighted by Crippen LogP contribution is 2.45. The molecule has 2 aliphatic carbocycles. The summed E-state index contributed by atoms with van der Waals surface area (Å²) < 4.78 is 5.66. The van der Waals surface area contributed by atoms with E-state index in [0.717, 1.165) is 56.5 Å². The molecule has 178 valence electrons. The Labute approximate surface area is 199 Å². The summed E-state index contributed by atoms with van der Waals surface area (Å²) in [6.07, 6.45) is 7.93. The molecular formula is C26H33NO5S. The highest BCUT2D eigenvalue weighted by molar-refractivity contribution is 7.15. The summed E-state index contributed by atoms with van der Waals surface area (Å²) in [5, 5.41) is 19.5. The molecule has 33 heavy (non-hydrogen) atoms. The fraction of sp³-hybridized carbons (Fsp3) is 0.615. The maximum absolute atomic E-state index is 13.8. The first-order valence-electron chi connectivity index (χ1n) is 11.8. The van der Waals surface area contributed by atoms with Crippen LogP contribution in [0.2, 0.25) is 0 Å².